The number of rotatable bonds is 6. The van der Waals surface area contributed by atoms with Crippen molar-refractivity contribution in [3.05, 3.63) is 0 Å². The van der Waals surface area contributed by atoms with Crippen molar-refractivity contribution in [1.82, 2.24) is 0 Å². The van der Waals surface area contributed by atoms with Crippen molar-refractivity contribution in [2.45, 2.75) is 34.1 Å². The number of hydrogen-bond acceptors (Lipinski definition) is 2. The zero-order valence-electron chi connectivity index (χ0n) is 8.76. The molecule has 0 aromatic carbocycles. The van der Waals surface area contributed by atoms with E-state index in [9.17, 15) is 0 Å². The van der Waals surface area contributed by atoms with Gasteiger partial charge in [0.15, 0.2) is 0 Å². The molecular formula is C10H21NO. The second-order valence-electron chi connectivity index (χ2n) is 3.29. The van der Waals surface area contributed by atoms with Gasteiger partial charge in [-0.3, -0.25) is 4.99 Å². The second kappa shape index (κ2) is 7.29. The lowest BCUT2D eigenvalue weighted by Gasteiger charge is -2.04. The third-order valence-corrected chi connectivity index (χ3v) is 1.78. The van der Waals surface area contributed by atoms with Gasteiger partial charge in [0.1, 0.15) is 0 Å². The van der Waals surface area contributed by atoms with Crippen LogP contribution >= 0.6 is 0 Å². The first-order valence-electron chi connectivity index (χ1n) is 4.77. The summed E-state index contributed by atoms with van der Waals surface area (Å²) >= 11 is 0. The maximum atomic E-state index is 5.31. The number of nitrogens with zero attached hydrogens (tertiary/aromatic N) is 1. The van der Waals surface area contributed by atoms with E-state index in [1.807, 2.05) is 0 Å². The summed E-state index contributed by atoms with van der Waals surface area (Å²) < 4.78 is 5.31. The Morgan fingerprint density at radius 2 is 2.00 bits per heavy atom. The molecule has 0 aliphatic carbocycles. The Bertz CT molecular complexity index is 130. The van der Waals surface area contributed by atoms with Crippen LogP contribution in [0.1, 0.15) is 34.1 Å². The van der Waals surface area contributed by atoms with E-state index in [1.165, 1.54) is 5.71 Å². The molecule has 0 aliphatic heterocycles. The summed E-state index contributed by atoms with van der Waals surface area (Å²) in [5, 5.41) is 0. The number of aliphatic imine (C=N–C) groups is 1. The minimum atomic E-state index is 0.566. The molecule has 0 saturated carbocycles. The van der Waals surface area contributed by atoms with E-state index in [4.69, 9.17) is 4.74 Å². The van der Waals surface area contributed by atoms with Crippen LogP contribution in [0.2, 0.25) is 0 Å². The zero-order valence-corrected chi connectivity index (χ0v) is 8.76. The minimum Gasteiger partial charge on any atom is -0.380 e. The molecule has 2 nitrogen and oxygen atoms in total. The predicted octanol–water partition coefficient (Wildman–Crippen LogP) is 2.53. The molecule has 0 unspecified atom stereocenters. The Kier molecular flexibility index (Phi) is 7.06. The summed E-state index contributed by atoms with van der Waals surface area (Å²) in [6, 6.07) is 0. The van der Waals surface area contributed by atoms with Gasteiger partial charge in [-0.2, -0.15) is 0 Å². The molecule has 0 spiro atoms. The van der Waals surface area contributed by atoms with Crippen molar-refractivity contribution in [3.8, 4) is 0 Å². The molecule has 0 rings (SSSR count). The Hall–Kier alpha value is -0.370. The first-order valence-corrected chi connectivity index (χ1v) is 4.77. The van der Waals surface area contributed by atoms with E-state index in [0.29, 0.717) is 5.92 Å². The van der Waals surface area contributed by atoms with Gasteiger partial charge in [-0.1, -0.05) is 20.8 Å². The van der Waals surface area contributed by atoms with Crippen LogP contribution in [0.5, 0.6) is 0 Å². The van der Waals surface area contributed by atoms with Gasteiger partial charge in [-0.25, -0.2) is 0 Å². The predicted molar refractivity (Wildman–Crippen MR) is 53.9 cm³/mol. The van der Waals surface area contributed by atoms with Crippen LogP contribution in [0.15, 0.2) is 4.99 Å². The Morgan fingerprint density at radius 1 is 1.33 bits per heavy atom. The van der Waals surface area contributed by atoms with Crippen LogP contribution in [0.25, 0.3) is 0 Å². The lowest BCUT2D eigenvalue weighted by molar-refractivity contribution is 0.142. The largest absolute Gasteiger partial charge is 0.380 e. The molecular weight excluding hydrogens is 150 g/mol. The number of ether oxygens (including phenoxy) is 1. The third-order valence-electron chi connectivity index (χ3n) is 1.78. The van der Waals surface area contributed by atoms with E-state index < -0.39 is 0 Å². The van der Waals surface area contributed by atoms with Gasteiger partial charge in [0, 0.05) is 12.3 Å². The second-order valence-corrected chi connectivity index (χ2v) is 3.29. The smallest absolute Gasteiger partial charge is 0.0661 e. The Labute approximate surface area is 76.0 Å². The average molecular weight is 171 g/mol. The molecule has 0 radical (unpaired) electrons. The Morgan fingerprint density at radius 3 is 2.50 bits per heavy atom. The molecule has 0 aromatic heterocycles. The molecule has 0 amide bonds. The van der Waals surface area contributed by atoms with Gasteiger partial charge in [0.25, 0.3) is 0 Å². The molecule has 0 heterocycles. The first kappa shape index (κ1) is 11.6. The maximum Gasteiger partial charge on any atom is 0.0661 e. The highest BCUT2D eigenvalue weighted by Crippen LogP contribution is 1.95. The van der Waals surface area contributed by atoms with Crippen LogP contribution < -0.4 is 0 Å². The van der Waals surface area contributed by atoms with Crippen molar-refractivity contribution < 1.29 is 4.74 Å². The van der Waals surface area contributed by atoms with Gasteiger partial charge >= 0.3 is 0 Å². The van der Waals surface area contributed by atoms with Crippen molar-refractivity contribution in [2.24, 2.45) is 10.9 Å². The summed E-state index contributed by atoms with van der Waals surface area (Å²) in [6.07, 6.45) is 1.09. The summed E-state index contributed by atoms with van der Waals surface area (Å²) in [5.41, 5.74) is 1.22. The van der Waals surface area contributed by atoms with Crippen LogP contribution in [-0.2, 0) is 4.74 Å². The molecule has 72 valence electrons. The van der Waals surface area contributed by atoms with Gasteiger partial charge in [-0.15, -0.1) is 0 Å². The normalized spacial score (nSPS) is 12.6. The Balaban J connectivity index is 3.34. The highest BCUT2D eigenvalue weighted by molar-refractivity contribution is 5.83. The van der Waals surface area contributed by atoms with E-state index in [0.717, 1.165) is 26.2 Å². The van der Waals surface area contributed by atoms with Crippen molar-refractivity contribution in [1.29, 1.82) is 0 Å². The monoisotopic (exact) mass is 171 g/mol. The molecule has 2 heteroatoms. The van der Waals surface area contributed by atoms with E-state index in [1.54, 1.807) is 0 Å². The molecule has 0 N–H and O–H groups in total. The zero-order chi connectivity index (χ0) is 9.40. The standard InChI is InChI=1S/C10H21NO/c1-5-7-12-8-6-11-10(4)9(2)3/h9H,5-8H2,1-4H3/b11-10+. The highest BCUT2D eigenvalue weighted by Gasteiger charge is 1.95. The first-order chi connectivity index (χ1) is 5.68. The minimum absolute atomic E-state index is 0.566. The van der Waals surface area contributed by atoms with Crippen molar-refractivity contribution in [3.63, 3.8) is 0 Å². The van der Waals surface area contributed by atoms with E-state index >= 15 is 0 Å². The molecule has 0 aromatic rings. The summed E-state index contributed by atoms with van der Waals surface area (Å²) in [7, 11) is 0. The maximum absolute atomic E-state index is 5.31. The molecule has 0 fully saturated rings. The molecule has 0 atom stereocenters. The van der Waals surface area contributed by atoms with Crippen LogP contribution in [0.4, 0.5) is 0 Å². The van der Waals surface area contributed by atoms with Gasteiger partial charge in [0.2, 0.25) is 0 Å². The number of hydrogen-bond donors (Lipinski definition) is 0. The van der Waals surface area contributed by atoms with Gasteiger partial charge < -0.3 is 4.74 Å². The quantitative estimate of drug-likeness (QED) is 0.444. The molecule has 0 bridgehead atoms. The van der Waals surface area contributed by atoms with E-state index in [-0.39, 0.29) is 0 Å². The van der Waals surface area contributed by atoms with E-state index in [2.05, 4.69) is 32.7 Å². The van der Waals surface area contributed by atoms with Crippen LogP contribution in [-0.4, -0.2) is 25.5 Å². The third kappa shape index (κ3) is 6.35. The summed E-state index contributed by atoms with van der Waals surface area (Å²) in [6.45, 7) is 10.9. The van der Waals surface area contributed by atoms with Crippen LogP contribution in [0.3, 0.4) is 0 Å². The van der Waals surface area contributed by atoms with Crippen LogP contribution in [0, 0.1) is 5.92 Å². The fourth-order valence-electron chi connectivity index (χ4n) is 0.716. The van der Waals surface area contributed by atoms with Crippen molar-refractivity contribution in [2.75, 3.05) is 19.8 Å². The molecule has 0 saturated heterocycles. The lowest BCUT2D eigenvalue weighted by Crippen LogP contribution is -2.06. The summed E-state index contributed by atoms with van der Waals surface area (Å²) in [4.78, 5) is 4.39. The van der Waals surface area contributed by atoms with Gasteiger partial charge in [-0.05, 0) is 19.3 Å². The molecule has 12 heavy (non-hydrogen) atoms. The van der Waals surface area contributed by atoms with Gasteiger partial charge in [0.05, 0.1) is 13.2 Å². The average Bonchev–Trinajstić information content (AvgIpc) is 2.03. The molecule has 0 aliphatic rings. The fraction of sp³-hybridized carbons (Fsp3) is 0.900. The fourth-order valence-corrected chi connectivity index (χ4v) is 0.716. The summed E-state index contributed by atoms with van der Waals surface area (Å²) in [5.74, 6) is 0.566. The SMILES string of the molecule is CCCOCC/N=C(\C)C(C)C. The van der Waals surface area contributed by atoms with Crippen molar-refractivity contribution >= 4 is 5.71 Å². The topological polar surface area (TPSA) is 21.6 Å². The lowest BCUT2D eigenvalue weighted by atomic mass is 10.1. The highest BCUT2D eigenvalue weighted by atomic mass is 16.5.